The number of hydrogen-bond acceptors (Lipinski definition) is 3. The number of ether oxygens (including phenoxy) is 2. The fourth-order valence-corrected chi connectivity index (χ4v) is 2.28. The summed E-state index contributed by atoms with van der Waals surface area (Å²) in [5.74, 6) is -2.56. The van der Waals surface area contributed by atoms with Gasteiger partial charge in [-0.3, -0.25) is 0 Å². The van der Waals surface area contributed by atoms with Crippen molar-refractivity contribution < 1.29 is 23.0 Å². The van der Waals surface area contributed by atoms with E-state index in [9.17, 15) is 13.6 Å². The lowest BCUT2D eigenvalue weighted by atomic mass is 10.1. The average molecular weight is 314 g/mol. The van der Waals surface area contributed by atoms with Crippen LogP contribution in [-0.4, -0.2) is 31.6 Å². The van der Waals surface area contributed by atoms with Gasteiger partial charge in [-0.15, -0.1) is 0 Å². The number of carbonyl (C=O) groups excluding carboxylic acids is 1. The molecule has 22 heavy (non-hydrogen) atoms. The second kappa shape index (κ2) is 7.02. The van der Waals surface area contributed by atoms with Crippen LogP contribution in [0.4, 0.5) is 13.6 Å². The molecule has 0 saturated carbocycles. The molecule has 2 amide bonds. The van der Waals surface area contributed by atoms with E-state index in [1.54, 1.807) is 6.92 Å². The van der Waals surface area contributed by atoms with E-state index >= 15 is 0 Å². The van der Waals surface area contributed by atoms with Crippen LogP contribution in [0.5, 0.6) is 0 Å². The molecule has 1 saturated heterocycles. The van der Waals surface area contributed by atoms with E-state index in [0.29, 0.717) is 26.2 Å². The number of nitrogens with one attached hydrogen (secondary N) is 2. The summed E-state index contributed by atoms with van der Waals surface area (Å²) in [5.41, 5.74) is 0.101. The van der Waals surface area contributed by atoms with Gasteiger partial charge in [0.05, 0.1) is 19.3 Å². The number of hydrogen-bond donors (Lipinski definition) is 2. The van der Waals surface area contributed by atoms with Gasteiger partial charge < -0.3 is 20.1 Å². The van der Waals surface area contributed by atoms with Crippen molar-refractivity contribution in [3.8, 4) is 0 Å². The van der Waals surface area contributed by atoms with Crippen molar-refractivity contribution in [2.24, 2.45) is 0 Å². The Kier molecular flexibility index (Phi) is 5.31. The van der Waals surface area contributed by atoms with Crippen LogP contribution < -0.4 is 10.6 Å². The smallest absolute Gasteiger partial charge is 0.315 e. The van der Waals surface area contributed by atoms with Crippen molar-refractivity contribution in [3.63, 3.8) is 0 Å². The maximum Gasteiger partial charge on any atom is 0.315 e. The second-order valence-corrected chi connectivity index (χ2v) is 5.35. The van der Waals surface area contributed by atoms with E-state index in [2.05, 4.69) is 10.6 Å². The molecule has 1 atom stereocenters. The molecule has 1 aromatic carbocycles. The normalized spacial score (nSPS) is 18.0. The third-order valence-corrected chi connectivity index (χ3v) is 3.56. The van der Waals surface area contributed by atoms with Gasteiger partial charge in [0, 0.05) is 18.5 Å². The Labute approximate surface area is 128 Å². The largest absolute Gasteiger partial charge is 0.348 e. The lowest BCUT2D eigenvalue weighted by Crippen LogP contribution is -2.40. The Morgan fingerprint density at radius 3 is 2.73 bits per heavy atom. The molecule has 1 aliphatic heterocycles. The molecule has 0 bridgehead atoms. The van der Waals surface area contributed by atoms with Crippen LogP contribution in [0, 0.1) is 11.6 Å². The molecule has 0 radical (unpaired) electrons. The summed E-state index contributed by atoms with van der Waals surface area (Å²) in [4.78, 5) is 11.8. The molecular formula is C15H20F2N2O3. The molecule has 2 N–H and O–H groups in total. The minimum absolute atomic E-state index is 0.101. The minimum atomic E-state index is -0.949. The van der Waals surface area contributed by atoms with Crippen LogP contribution in [0.3, 0.4) is 0 Å². The Morgan fingerprint density at radius 1 is 1.36 bits per heavy atom. The number of amides is 2. The summed E-state index contributed by atoms with van der Waals surface area (Å²) in [5, 5.41) is 5.21. The Morgan fingerprint density at radius 2 is 2.05 bits per heavy atom. The van der Waals surface area contributed by atoms with E-state index in [0.717, 1.165) is 6.07 Å². The Balaban J connectivity index is 1.80. The predicted molar refractivity (Wildman–Crippen MR) is 76.2 cm³/mol. The van der Waals surface area contributed by atoms with Crippen LogP contribution in [-0.2, 0) is 9.47 Å². The molecule has 1 heterocycles. The number of carbonyl (C=O) groups is 1. The number of halogens is 2. The van der Waals surface area contributed by atoms with Crippen LogP contribution >= 0.6 is 0 Å². The van der Waals surface area contributed by atoms with Crippen molar-refractivity contribution in [2.75, 3.05) is 19.8 Å². The van der Waals surface area contributed by atoms with E-state index in [-0.39, 0.29) is 5.56 Å². The summed E-state index contributed by atoms with van der Waals surface area (Å²) in [6.45, 7) is 4.82. The summed E-state index contributed by atoms with van der Waals surface area (Å²) in [6.07, 6.45) is 0.503. The molecule has 0 spiro atoms. The summed E-state index contributed by atoms with van der Waals surface area (Å²) >= 11 is 0. The fraction of sp³-hybridized carbons (Fsp3) is 0.533. The SMILES string of the molecule is CC(NC(=O)NCCC1(C)OCCO1)c1cccc(F)c1F. The first-order chi connectivity index (χ1) is 10.4. The molecule has 1 unspecified atom stereocenters. The molecule has 2 rings (SSSR count). The molecule has 1 aliphatic rings. The molecule has 1 fully saturated rings. The fourth-order valence-electron chi connectivity index (χ4n) is 2.28. The topological polar surface area (TPSA) is 59.6 Å². The van der Waals surface area contributed by atoms with E-state index in [1.807, 2.05) is 6.92 Å². The highest BCUT2D eigenvalue weighted by atomic mass is 19.2. The van der Waals surface area contributed by atoms with Gasteiger partial charge in [-0.2, -0.15) is 0 Å². The lowest BCUT2D eigenvalue weighted by Gasteiger charge is -2.22. The number of urea groups is 1. The first kappa shape index (κ1) is 16.6. The zero-order chi connectivity index (χ0) is 16.2. The van der Waals surface area contributed by atoms with Gasteiger partial charge in [0.25, 0.3) is 0 Å². The Hall–Kier alpha value is -1.73. The van der Waals surface area contributed by atoms with Crippen molar-refractivity contribution in [1.29, 1.82) is 0 Å². The van der Waals surface area contributed by atoms with Crippen molar-refractivity contribution in [2.45, 2.75) is 32.1 Å². The van der Waals surface area contributed by atoms with Gasteiger partial charge in [-0.05, 0) is 19.9 Å². The third kappa shape index (κ3) is 4.14. The van der Waals surface area contributed by atoms with Gasteiger partial charge in [-0.1, -0.05) is 12.1 Å². The van der Waals surface area contributed by atoms with E-state index in [1.165, 1.54) is 12.1 Å². The van der Waals surface area contributed by atoms with Gasteiger partial charge in [0.2, 0.25) is 0 Å². The quantitative estimate of drug-likeness (QED) is 0.878. The summed E-state index contributed by atoms with van der Waals surface area (Å²) in [7, 11) is 0. The van der Waals surface area contributed by atoms with E-state index < -0.39 is 29.5 Å². The summed E-state index contributed by atoms with van der Waals surface area (Å²) in [6, 6.07) is 2.76. The lowest BCUT2D eigenvalue weighted by molar-refractivity contribution is -0.145. The highest BCUT2D eigenvalue weighted by Gasteiger charge is 2.30. The van der Waals surface area contributed by atoms with E-state index in [4.69, 9.17) is 9.47 Å². The maximum absolute atomic E-state index is 13.6. The monoisotopic (exact) mass is 314 g/mol. The van der Waals surface area contributed by atoms with Crippen LogP contribution in [0.1, 0.15) is 31.9 Å². The van der Waals surface area contributed by atoms with Crippen LogP contribution in [0.2, 0.25) is 0 Å². The van der Waals surface area contributed by atoms with Crippen molar-refractivity contribution in [3.05, 3.63) is 35.4 Å². The van der Waals surface area contributed by atoms with Crippen LogP contribution in [0.15, 0.2) is 18.2 Å². The molecule has 0 aliphatic carbocycles. The van der Waals surface area contributed by atoms with Gasteiger partial charge in [0.15, 0.2) is 17.4 Å². The minimum Gasteiger partial charge on any atom is -0.348 e. The molecule has 122 valence electrons. The zero-order valence-corrected chi connectivity index (χ0v) is 12.6. The highest BCUT2D eigenvalue weighted by molar-refractivity contribution is 5.74. The van der Waals surface area contributed by atoms with Gasteiger partial charge >= 0.3 is 6.03 Å². The highest BCUT2D eigenvalue weighted by Crippen LogP contribution is 2.22. The number of rotatable bonds is 5. The van der Waals surface area contributed by atoms with Crippen LogP contribution in [0.25, 0.3) is 0 Å². The molecule has 0 aromatic heterocycles. The summed E-state index contributed by atoms with van der Waals surface area (Å²) < 4.78 is 37.6. The van der Waals surface area contributed by atoms with Crippen molar-refractivity contribution >= 4 is 6.03 Å². The van der Waals surface area contributed by atoms with Crippen molar-refractivity contribution in [1.82, 2.24) is 10.6 Å². The average Bonchev–Trinajstić information content (AvgIpc) is 2.88. The molecule has 7 heteroatoms. The van der Waals surface area contributed by atoms with Gasteiger partial charge in [-0.25, -0.2) is 13.6 Å². The molecule has 5 nitrogen and oxygen atoms in total. The Bertz CT molecular complexity index is 534. The van der Waals surface area contributed by atoms with Gasteiger partial charge in [0.1, 0.15) is 0 Å². The maximum atomic E-state index is 13.6. The zero-order valence-electron chi connectivity index (χ0n) is 12.6. The first-order valence-electron chi connectivity index (χ1n) is 7.17. The first-order valence-corrected chi connectivity index (χ1v) is 7.17. The third-order valence-electron chi connectivity index (χ3n) is 3.56. The second-order valence-electron chi connectivity index (χ2n) is 5.35. The standard InChI is InChI=1S/C15H20F2N2O3/c1-10(11-4-3-5-12(16)13(11)17)19-14(20)18-7-6-15(2)21-8-9-22-15/h3-5,10H,6-9H2,1-2H3,(H2,18,19,20). The number of benzene rings is 1. The molecule has 1 aromatic rings. The predicted octanol–water partition coefficient (Wildman–Crippen LogP) is 2.48. The molecular weight excluding hydrogens is 294 g/mol.